The number of rotatable bonds is 5. The van der Waals surface area contributed by atoms with Gasteiger partial charge in [-0.2, -0.15) is 11.3 Å². The molecule has 84 valence electrons. The molecule has 0 bridgehead atoms. The van der Waals surface area contributed by atoms with E-state index in [1.807, 2.05) is 30.7 Å². The SMILES string of the molecule is CC(CCl)C(C)NC(=O)Cc1ccsc1. The molecule has 0 spiro atoms. The van der Waals surface area contributed by atoms with E-state index in [1.165, 1.54) is 0 Å². The number of carbonyl (C=O) groups is 1. The molecule has 0 saturated carbocycles. The maximum Gasteiger partial charge on any atom is 0.224 e. The van der Waals surface area contributed by atoms with Crippen LogP contribution in [0, 0.1) is 5.92 Å². The van der Waals surface area contributed by atoms with Crippen molar-refractivity contribution in [2.24, 2.45) is 5.92 Å². The van der Waals surface area contributed by atoms with Crippen molar-refractivity contribution < 1.29 is 4.79 Å². The molecule has 1 N–H and O–H groups in total. The maximum absolute atomic E-state index is 11.6. The largest absolute Gasteiger partial charge is 0.353 e. The Hall–Kier alpha value is -0.540. The lowest BCUT2D eigenvalue weighted by Crippen LogP contribution is -2.38. The third-order valence-corrected chi connectivity index (χ3v) is 3.65. The highest BCUT2D eigenvalue weighted by Crippen LogP contribution is 2.08. The van der Waals surface area contributed by atoms with Crippen LogP contribution in [-0.4, -0.2) is 17.8 Å². The summed E-state index contributed by atoms with van der Waals surface area (Å²) < 4.78 is 0. The normalized spacial score (nSPS) is 14.6. The van der Waals surface area contributed by atoms with Gasteiger partial charge in [-0.25, -0.2) is 0 Å². The van der Waals surface area contributed by atoms with Crippen LogP contribution in [-0.2, 0) is 11.2 Å². The Bertz CT molecular complexity index is 300. The highest BCUT2D eigenvalue weighted by Gasteiger charge is 2.13. The Balaban J connectivity index is 2.36. The molecular weight excluding hydrogens is 230 g/mol. The van der Waals surface area contributed by atoms with Crippen molar-refractivity contribution in [2.45, 2.75) is 26.3 Å². The summed E-state index contributed by atoms with van der Waals surface area (Å²) in [7, 11) is 0. The molecule has 2 nitrogen and oxygen atoms in total. The molecule has 0 saturated heterocycles. The molecule has 1 aromatic rings. The van der Waals surface area contributed by atoms with Crippen molar-refractivity contribution in [3.05, 3.63) is 22.4 Å². The van der Waals surface area contributed by atoms with Crippen LogP contribution in [0.4, 0.5) is 0 Å². The molecule has 2 atom stereocenters. The van der Waals surface area contributed by atoms with E-state index in [4.69, 9.17) is 11.6 Å². The van der Waals surface area contributed by atoms with Gasteiger partial charge in [0.15, 0.2) is 0 Å². The van der Waals surface area contributed by atoms with Gasteiger partial charge in [0, 0.05) is 11.9 Å². The smallest absolute Gasteiger partial charge is 0.224 e. The van der Waals surface area contributed by atoms with Crippen LogP contribution in [0.5, 0.6) is 0 Å². The monoisotopic (exact) mass is 245 g/mol. The fourth-order valence-electron chi connectivity index (χ4n) is 1.16. The minimum Gasteiger partial charge on any atom is -0.353 e. The molecule has 0 radical (unpaired) electrons. The standard InChI is InChI=1S/C11H16ClNOS/c1-8(6-12)9(2)13-11(14)5-10-3-4-15-7-10/h3-4,7-9H,5-6H2,1-2H3,(H,13,14). The maximum atomic E-state index is 11.6. The van der Waals surface area contributed by atoms with E-state index in [9.17, 15) is 4.79 Å². The number of nitrogens with one attached hydrogen (secondary N) is 1. The first-order valence-electron chi connectivity index (χ1n) is 5.00. The number of hydrogen-bond donors (Lipinski definition) is 1. The summed E-state index contributed by atoms with van der Waals surface area (Å²) in [6.45, 7) is 4.01. The number of hydrogen-bond acceptors (Lipinski definition) is 2. The average molecular weight is 246 g/mol. The van der Waals surface area contributed by atoms with Gasteiger partial charge in [0.2, 0.25) is 5.91 Å². The van der Waals surface area contributed by atoms with E-state index in [0.717, 1.165) is 5.56 Å². The van der Waals surface area contributed by atoms with E-state index in [-0.39, 0.29) is 11.9 Å². The predicted molar refractivity (Wildman–Crippen MR) is 65.5 cm³/mol. The number of halogens is 1. The van der Waals surface area contributed by atoms with Gasteiger partial charge in [-0.3, -0.25) is 4.79 Å². The zero-order chi connectivity index (χ0) is 11.3. The van der Waals surface area contributed by atoms with E-state index in [2.05, 4.69) is 5.32 Å². The van der Waals surface area contributed by atoms with Gasteiger partial charge in [-0.05, 0) is 35.2 Å². The topological polar surface area (TPSA) is 29.1 Å². The van der Waals surface area contributed by atoms with E-state index in [1.54, 1.807) is 11.3 Å². The average Bonchev–Trinajstić information content (AvgIpc) is 2.68. The Morgan fingerprint density at radius 1 is 1.60 bits per heavy atom. The molecule has 0 aromatic carbocycles. The molecule has 4 heteroatoms. The second-order valence-electron chi connectivity index (χ2n) is 3.80. The van der Waals surface area contributed by atoms with E-state index >= 15 is 0 Å². The third-order valence-electron chi connectivity index (χ3n) is 2.43. The Morgan fingerprint density at radius 3 is 2.87 bits per heavy atom. The van der Waals surface area contributed by atoms with Gasteiger partial charge < -0.3 is 5.32 Å². The molecule has 2 unspecified atom stereocenters. The van der Waals surface area contributed by atoms with Crippen LogP contribution in [0.2, 0.25) is 0 Å². The van der Waals surface area contributed by atoms with Gasteiger partial charge >= 0.3 is 0 Å². The zero-order valence-electron chi connectivity index (χ0n) is 9.00. The quantitative estimate of drug-likeness (QED) is 0.794. The number of alkyl halides is 1. The highest BCUT2D eigenvalue weighted by atomic mass is 35.5. The Morgan fingerprint density at radius 2 is 2.33 bits per heavy atom. The van der Waals surface area contributed by atoms with Gasteiger partial charge in [0.1, 0.15) is 0 Å². The molecule has 1 heterocycles. The van der Waals surface area contributed by atoms with E-state index < -0.39 is 0 Å². The Kier molecular flexibility index (Phi) is 5.12. The third kappa shape index (κ3) is 4.22. The van der Waals surface area contributed by atoms with Crippen LogP contribution in [0.3, 0.4) is 0 Å². The second-order valence-corrected chi connectivity index (χ2v) is 4.88. The molecule has 15 heavy (non-hydrogen) atoms. The number of carbonyl (C=O) groups excluding carboxylic acids is 1. The van der Waals surface area contributed by atoms with Crippen LogP contribution in [0.25, 0.3) is 0 Å². The minimum atomic E-state index is 0.0675. The van der Waals surface area contributed by atoms with E-state index in [0.29, 0.717) is 18.2 Å². The lowest BCUT2D eigenvalue weighted by atomic mass is 10.1. The predicted octanol–water partition coefficient (Wildman–Crippen LogP) is 2.67. The van der Waals surface area contributed by atoms with Gasteiger partial charge in [0.05, 0.1) is 6.42 Å². The van der Waals surface area contributed by atoms with Crippen molar-refractivity contribution >= 4 is 28.8 Å². The first-order chi connectivity index (χ1) is 7.13. The minimum absolute atomic E-state index is 0.0675. The summed E-state index contributed by atoms with van der Waals surface area (Å²) in [5, 5.41) is 6.92. The van der Waals surface area contributed by atoms with Gasteiger partial charge in [0.25, 0.3) is 0 Å². The van der Waals surface area contributed by atoms with Crippen LogP contribution in [0.1, 0.15) is 19.4 Å². The highest BCUT2D eigenvalue weighted by molar-refractivity contribution is 7.07. The summed E-state index contributed by atoms with van der Waals surface area (Å²) in [4.78, 5) is 11.6. The summed E-state index contributed by atoms with van der Waals surface area (Å²) in [5.41, 5.74) is 1.07. The first kappa shape index (κ1) is 12.5. The summed E-state index contributed by atoms with van der Waals surface area (Å²) >= 11 is 7.33. The van der Waals surface area contributed by atoms with Crippen molar-refractivity contribution in [1.82, 2.24) is 5.32 Å². The van der Waals surface area contributed by atoms with Crippen molar-refractivity contribution in [1.29, 1.82) is 0 Å². The lowest BCUT2D eigenvalue weighted by Gasteiger charge is -2.18. The first-order valence-corrected chi connectivity index (χ1v) is 6.47. The molecule has 1 amide bonds. The molecular formula is C11H16ClNOS. The number of amides is 1. The molecule has 0 aliphatic rings. The zero-order valence-corrected chi connectivity index (χ0v) is 10.6. The lowest BCUT2D eigenvalue weighted by molar-refractivity contribution is -0.121. The number of thiophene rings is 1. The van der Waals surface area contributed by atoms with Crippen LogP contribution >= 0.6 is 22.9 Å². The fourth-order valence-corrected chi connectivity index (χ4v) is 2.10. The van der Waals surface area contributed by atoms with Crippen molar-refractivity contribution in [3.8, 4) is 0 Å². The molecule has 1 rings (SSSR count). The van der Waals surface area contributed by atoms with Gasteiger partial charge in [-0.1, -0.05) is 6.92 Å². The summed E-state index contributed by atoms with van der Waals surface area (Å²) in [5.74, 6) is 0.941. The molecule has 0 fully saturated rings. The summed E-state index contributed by atoms with van der Waals surface area (Å²) in [6, 6.07) is 2.11. The second kappa shape index (κ2) is 6.13. The molecule has 0 aliphatic heterocycles. The molecule has 1 aromatic heterocycles. The van der Waals surface area contributed by atoms with Crippen LogP contribution < -0.4 is 5.32 Å². The fraction of sp³-hybridized carbons (Fsp3) is 0.545. The van der Waals surface area contributed by atoms with Crippen molar-refractivity contribution in [2.75, 3.05) is 5.88 Å². The summed E-state index contributed by atoms with van der Waals surface area (Å²) in [6.07, 6.45) is 0.461. The molecule has 0 aliphatic carbocycles. The van der Waals surface area contributed by atoms with Gasteiger partial charge in [-0.15, -0.1) is 11.6 Å². The van der Waals surface area contributed by atoms with Crippen LogP contribution in [0.15, 0.2) is 16.8 Å². The van der Waals surface area contributed by atoms with Crippen molar-refractivity contribution in [3.63, 3.8) is 0 Å². The Labute approximate surface area is 99.6 Å².